The summed E-state index contributed by atoms with van der Waals surface area (Å²) < 4.78 is 37.9. The number of aryl methyl sites for hydroxylation is 1. The molecule has 2 nitrogen and oxygen atoms in total. The van der Waals surface area contributed by atoms with Gasteiger partial charge in [-0.25, -0.2) is 8.78 Å². The van der Waals surface area contributed by atoms with Crippen LogP contribution in [0.4, 0.5) is 8.78 Å². The lowest BCUT2D eigenvalue weighted by Crippen LogP contribution is -2.03. The minimum absolute atomic E-state index is 0.116. The molecule has 0 aliphatic carbocycles. The van der Waals surface area contributed by atoms with E-state index in [2.05, 4.69) is 0 Å². The van der Waals surface area contributed by atoms with Gasteiger partial charge < -0.3 is 9.15 Å². The van der Waals surface area contributed by atoms with Gasteiger partial charge in [0, 0.05) is 29.7 Å². The molecule has 0 spiro atoms. The van der Waals surface area contributed by atoms with Crippen LogP contribution in [0.15, 0.2) is 28.9 Å². The van der Waals surface area contributed by atoms with Gasteiger partial charge in [0.2, 0.25) is 0 Å². The molecule has 2 aromatic rings. The van der Waals surface area contributed by atoms with Crippen molar-refractivity contribution in [1.82, 2.24) is 0 Å². The summed E-state index contributed by atoms with van der Waals surface area (Å²) in [5, 5.41) is -0.931. The zero-order valence-corrected chi connectivity index (χ0v) is 11.3. The zero-order valence-electron chi connectivity index (χ0n) is 10.5. The Morgan fingerprint density at radius 1 is 1.32 bits per heavy atom. The van der Waals surface area contributed by atoms with Crippen molar-refractivity contribution in [3.63, 3.8) is 0 Å². The summed E-state index contributed by atoms with van der Waals surface area (Å²) >= 11 is 6.18. The number of rotatable bonds is 4. The fourth-order valence-corrected chi connectivity index (χ4v) is 2.34. The molecular formula is C14H13ClF2O2. The number of hydrogen-bond donors (Lipinski definition) is 0. The highest BCUT2D eigenvalue weighted by molar-refractivity contribution is 6.22. The third-order valence-corrected chi connectivity index (χ3v) is 3.37. The van der Waals surface area contributed by atoms with Gasteiger partial charge in [-0.3, -0.25) is 0 Å². The van der Waals surface area contributed by atoms with Crippen LogP contribution in [0.5, 0.6) is 5.75 Å². The first-order valence-corrected chi connectivity index (χ1v) is 6.25. The smallest absolute Gasteiger partial charge is 0.134 e. The van der Waals surface area contributed by atoms with Gasteiger partial charge >= 0.3 is 0 Å². The van der Waals surface area contributed by atoms with Crippen molar-refractivity contribution in [2.45, 2.75) is 18.7 Å². The van der Waals surface area contributed by atoms with Gasteiger partial charge in [-0.2, -0.15) is 0 Å². The molecule has 5 heteroatoms. The summed E-state index contributed by atoms with van der Waals surface area (Å²) in [6, 6.07) is 3.85. The number of benzene rings is 1. The van der Waals surface area contributed by atoms with E-state index in [0.29, 0.717) is 17.7 Å². The van der Waals surface area contributed by atoms with E-state index >= 15 is 0 Å². The van der Waals surface area contributed by atoms with Crippen LogP contribution in [-0.4, -0.2) is 7.11 Å². The predicted octanol–water partition coefficient (Wildman–Crippen LogP) is 4.46. The van der Waals surface area contributed by atoms with Crippen molar-refractivity contribution < 1.29 is 17.9 Å². The first kappa shape index (κ1) is 13.9. The Morgan fingerprint density at radius 2 is 1.95 bits per heavy atom. The maximum atomic E-state index is 13.9. The van der Waals surface area contributed by atoms with E-state index in [-0.39, 0.29) is 11.3 Å². The second kappa shape index (κ2) is 5.61. The third kappa shape index (κ3) is 2.59. The zero-order chi connectivity index (χ0) is 14.0. The number of ether oxygens (including phenoxy) is 1. The molecular weight excluding hydrogens is 274 g/mol. The highest BCUT2D eigenvalue weighted by Crippen LogP contribution is 2.36. The Kier molecular flexibility index (Phi) is 4.10. The molecule has 102 valence electrons. The number of alkyl halides is 1. The predicted molar refractivity (Wildman–Crippen MR) is 68.7 cm³/mol. The normalized spacial score (nSPS) is 12.5. The quantitative estimate of drug-likeness (QED) is 0.775. The fraction of sp³-hybridized carbons (Fsp3) is 0.286. The highest BCUT2D eigenvalue weighted by Gasteiger charge is 2.24. The van der Waals surface area contributed by atoms with Gasteiger partial charge in [-0.1, -0.05) is 6.92 Å². The van der Waals surface area contributed by atoms with Gasteiger partial charge in [0.15, 0.2) is 0 Å². The van der Waals surface area contributed by atoms with E-state index in [0.717, 1.165) is 12.1 Å². The van der Waals surface area contributed by atoms with Crippen LogP contribution in [0.3, 0.4) is 0 Å². The van der Waals surface area contributed by atoms with E-state index in [9.17, 15) is 8.78 Å². The van der Waals surface area contributed by atoms with Crippen molar-refractivity contribution in [1.29, 1.82) is 0 Å². The van der Waals surface area contributed by atoms with E-state index < -0.39 is 17.0 Å². The number of furan rings is 1. The molecule has 0 saturated carbocycles. The average Bonchev–Trinajstić information content (AvgIpc) is 2.85. The topological polar surface area (TPSA) is 22.4 Å². The van der Waals surface area contributed by atoms with Gasteiger partial charge in [-0.05, 0) is 6.07 Å². The van der Waals surface area contributed by atoms with Crippen LogP contribution >= 0.6 is 11.6 Å². The van der Waals surface area contributed by atoms with Crippen molar-refractivity contribution in [3.05, 3.63) is 53.0 Å². The van der Waals surface area contributed by atoms with Crippen molar-refractivity contribution in [2.75, 3.05) is 7.11 Å². The molecule has 1 unspecified atom stereocenters. The summed E-state index contributed by atoms with van der Waals surface area (Å²) in [5.74, 6) is -0.736. The van der Waals surface area contributed by atoms with Gasteiger partial charge in [0.25, 0.3) is 0 Å². The van der Waals surface area contributed by atoms with Crippen LogP contribution in [0.25, 0.3) is 0 Å². The lowest BCUT2D eigenvalue weighted by Gasteiger charge is -2.13. The third-order valence-electron chi connectivity index (χ3n) is 2.92. The summed E-state index contributed by atoms with van der Waals surface area (Å²) in [5.41, 5.74) is 0.380. The van der Waals surface area contributed by atoms with Crippen molar-refractivity contribution in [3.8, 4) is 5.75 Å². The summed E-state index contributed by atoms with van der Waals surface area (Å²) in [4.78, 5) is 0. The minimum Gasteiger partial charge on any atom is -0.497 e. The molecule has 1 heterocycles. The summed E-state index contributed by atoms with van der Waals surface area (Å²) in [6.07, 6.45) is 2.06. The van der Waals surface area contributed by atoms with Crippen LogP contribution in [0.1, 0.15) is 29.2 Å². The summed E-state index contributed by atoms with van der Waals surface area (Å²) in [6.45, 7) is 1.88. The van der Waals surface area contributed by atoms with Crippen molar-refractivity contribution in [2.24, 2.45) is 0 Å². The molecule has 0 radical (unpaired) electrons. The maximum absolute atomic E-state index is 13.9. The second-order valence-electron chi connectivity index (χ2n) is 4.02. The molecule has 0 amide bonds. The molecule has 0 bridgehead atoms. The van der Waals surface area contributed by atoms with E-state index in [4.69, 9.17) is 20.8 Å². The number of methoxy groups -OCH3 is 1. The second-order valence-corrected chi connectivity index (χ2v) is 4.46. The van der Waals surface area contributed by atoms with Crippen molar-refractivity contribution >= 4 is 11.6 Å². The molecule has 0 aliphatic rings. The van der Waals surface area contributed by atoms with E-state index in [1.807, 2.05) is 6.92 Å². The number of halogens is 3. The Labute approximate surface area is 114 Å². The Morgan fingerprint density at radius 3 is 2.47 bits per heavy atom. The standard InChI is InChI=1S/C14H13ClF2O2/c1-3-12-9(4-5-19-12)14(15)13-10(16)6-8(18-2)7-11(13)17/h4-7,14H,3H2,1-2H3. The average molecular weight is 287 g/mol. The molecule has 0 saturated heterocycles. The van der Waals surface area contributed by atoms with E-state index in [1.54, 1.807) is 6.07 Å². The molecule has 0 fully saturated rings. The largest absolute Gasteiger partial charge is 0.497 e. The molecule has 2 rings (SSSR count). The van der Waals surface area contributed by atoms with Crippen LogP contribution in [0, 0.1) is 11.6 Å². The summed E-state index contributed by atoms with van der Waals surface area (Å²) in [7, 11) is 1.34. The van der Waals surface area contributed by atoms with E-state index in [1.165, 1.54) is 13.4 Å². The first-order chi connectivity index (χ1) is 9.08. The molecule has 1 aromatic carbocycles. The van der Waals surface area contributed by atoms with Gasteiger partial charge in [0.1, 0.15) is 23.1 Å². The lowest BCUT2D eigenvalue weighted by molar-refractivity contribution is 0.405. The molecule has 19 heavy (non-hydrogen) atoms. The first-order valence-electron chi connectivity index (χ1n) is 5.81. The molecule has 1 aromatic heterocycles. The molecule has 1 atom stereocenters. The monoisotopic (exact) mass is 286 g/mol. The van der Waals surface area contributed by atoms with Crippen LogP contribution < -0.4 is 4.74 Å². The Balaban J connectivity index is 2.47. The van der Waals surface area contributed by atoms with Crippen LogP contribution in [-0.2, 0) is 6.42 Å². The fourth-order valence-electron chi connectivity index (χ4n) is 1.94. The van der Waals surface area contributed by atoms with Gasteiger partial charge in [0.05, 0.1) is 18.8 Å². The minimum atomic E-state index is -0.931. The molecule has 0 aliphatic heterocycles. The molecule has 0 N–H and O–H groups in total. The maximum Gasteiger partial charge on any atom is 0.134 e. The lowest BCUT2D eigenvalue weighted by atomic mass is 10.0. The van der Waals surface area contributed by atoms with Gasteiger partial charge in [-0.15, -0.1) is 11.6 Å². The Bertz CT molecular complexity index is 558. The van der Waals surface area contributed by atoms with Crippen LogP contribution in [0.2, 0.25) is 0 Å². The Hall–Kier alpha value is -1.55. The SMILES string of the molecule is CCc1occc1C(Cl)c1c(F)cc(OC)cc1F. The number of hydrogen-bond acceptors (Lipinski definition) is 2. The highest BCUT2D eigenvalue weighted by atomic mass is 35.5.